The molecule has 0 amide bonds. The Balaban J connectivity index is 1.91. The second-order valence-electron chi connectivity index (χ2n) is 5.24. The molecule has 0 aromatic carbocycles. The zero-order chi connectivity index (χ0) is 14.0. The maximum absolute atomic E-state index is 5.84. The summed E-state index contributed by atoms with van der Waals surface area (Å²) in [5, 5.41) is 8.06. The van der Waals surface area contributed by atoms with Crippen LogP contribution in [0.4, 0.5) is 0 Å². The molecule has 1 unspecified atom stereocenters. The number of nitrogens with zero attached hydrogens (tertiary/aromatic N) is 3. The Morgan fingerprint density at radius 3 is 3.00 bits per heavy atom. The molecule has 3 heterocycles. The number of hydrogen-bond donors (Lipinski definition) is 1. The summed E-state index contributed by atoms with van der Waals surface area (Å²) in [6, 6.07) is 3.58. The molecule has 1 aliphatic heterocycles. The SMILES string of the molecule is CCCC1(c2nc(-c3ccc(Cl)cn3)no2)CCNC1. The van der Waals surface area contributed by atoms with Crippen molar-refractivity contribution in [1.29, 1.82) is 0 Å². The van der Waals surface area contributed by atoms with E-state index < -0.39 is 0 Å². The van der Waals surface area contributed by atoms with Crippen molar-refractivity contribution in [2.45, 2.75) is 31.6 Å². The van der Waals surface area contributed by atoms with Crippen molar-refractivity contribution in [3.8, 4) is 11.5 Å². The van der Waals surface area contributed by atoms with Crippen molar-refractivity contribution in [3.05, 3.63) is 29.2 Å². The van der Waals surface area contributed by atoms with Crippen LogP contribution in [0.2, 0.25) is 5.02 Å². The smallest absolute Gasteiger partial charge is 0.234 e. The van der Waals surface area contributed by atoms with Gasteiger partial charge in [-0.1, -0.05) is 30.1 Å². The van der Waals surface area contributed by atoms with E-state index in [2.05, 4.69) is 27.4 Å². The maximum atomic E-state index is 5.84. The van der Waals surface area contributed by atoms with Crippen LogP contribution in [-0.2, 0) is 5.41 Å². The van der Waals surface area contributed by atoms with Crippen LogP contribution in [0.15, 0.2) is 22.9 Å². The molecule has 1 aliphatic rings. The fraction of sp³-hybridized carbons (Fsp3) is 0.500. The summed E-state index contributed by atoms with van der Waals surface area (Å²) in [6.45, 7) is 4.07. The summed E-state index contributed by atoms with van der Waals surface area (Å²) < 4.78 is 5.52. The lowest BCUT2D eigenvalue weighted by Crippen LogP contribution is -2.29. The molecule has 0 bridgehead atoms. The maximum Gasteiger partial charge on any atom is 0.234 e. The normalized spacial score (nSPS) is 22.3. The summed E-state index contributed by atoms with van der Waals surface area (Å²) in [5.74, 6) is 1.25. The summed E-state index contributed by atoms with van der Waals surface area (Å²) in [6.07, 6.45) is 4.77. The zero-order valence-electron chi connectivity index (χ0n) is 11.4. The Hall–Kier alpha value is -1.46. The lowest BCUT2D eigenvalue weighted by molar-refractivity contribution is 0.277. The third kappa shape index (κ3) is 2.43. The fourth-order valence-corrected chi connectivity index (χ4v) is 2.89. The first-order valence-corrected chi connectivity index (χ1v) is 7.28. The Bertz CT molecular complexity index is 575. The number of rotatable bonds is 4. The molecule has 5 nitrogen and oxygen atoms in total. The van der Waals surface area contributed by atoms with Crippen molar-refractivity contribution < 1.29 is 4.52 Å². The van der Waals surface area contributed by atoms with E-state index in [0.717, 1.165) is 38.2 Å². The van der Waals surface area contributed by atoms with E-state index in [1.165, 1.54) is 0 Å². The Kier molecular flexibility index (Phi) is 3.72. The van der Waals surface area contributed by atoms with Crippen LogP contribution in [0.1, 0.15) is 32.1 Å². The molecule has 1 N–H and O–H groups in total. The molecule has 0 saturated carbocycles. The minimum atomic E-state index is -0.0214. The number of halogens is 1. The standard InChI is InChI=1S/C14H17ClN4O/c1-2-5-14(6-7-16-9-14)13-18-12(19-20-13)11-4-3-10(15)8-17-11/h3-4,8,16H,2,5-7,9H2,1H3. The summed E-state index contributed by atoms with van der Waals surface area (Å²) in [4.78, 5) is 8.78. The van der Waals surface area contributed by atoms with Crippen molar-refractivity contribution in [3.63, 3.8) is 0 Å². The molecule has 1 saturated heterocycles. The molecule has 2 aromatic heterocycles. The summed E-state index contributed by atoms with van der Waals surface area (Å²) in [5.41, 5.74) is 0.661. The lowest BCUT2D eigenvalue weighted by Gasteiger charge is -2.22. The van der Waals surface area contributed by atoms with E-state index in [1.807, 2.05) is 0 Å². The molecule has 3 rings (SSSR count). The van der Waals surface area contributed by atoms with Gasteiger partial charge in [0.2, 0.25) is 11.7 Å². The second-order valence-corrected chi connectivity index (χ2v) is 5.68. The highest BCUT2D eigenvalue weighted by atomic mass is 35.5. The van der Waals surface area contributed by atoms with Gasteiger partial charge < -0.3 is 9.84 Å². The van der Waals surface area contributed by atoms with Gasteiger partial charge in [-0.15, -0.1) is 0 Å². The monoisotopic (exact) mass is 292 g/mol. The molecular formula is C14H17ClN4O. The molecule has 6 heteroatoms. The molecular weight excluding hydrogens is 276 g/mol. The average Bonchev–Trinajstić information content (AvgIpc) is 3.09. The molecule has 20 heavy (non-hydrogen) atoms. The van der Waals surface area contributed by atoms with Gasteiger partial charge in [-0.3, -0.25) is 4.98 Å². The van der Waals surface area contributed by atoms with Crippen molar-refractivity contribution in [2.24, 2.45) is 0 Å². The zero-order valence-corrected chi connectivity index (χ0v) is 12.2. The van der Waals surface area contributed by atoms with E-state index >= 15 is 0 Å². The van der Waals surface area contributed by atoms with Crippen LogP contribution >= 0.6 is 11.6 Å². The molecule has 0 radical (unpaired) electrons. The molecule has 0 spiro atoms. The third-order valence-corrected chi connectivity index (χ3v) is 4.03. The van der Waals surface area contributed by atoms with Gasteiger partial charge in [-0.25, -0.2) is 0 Å². The Morgan fingerprint density at radius 1 is 1.45 bits per heavy atom. The van der Waals surface area contributed by atoms with Crippen LogP contribution in [0.25, 0.3) is 11.5 Å². The van der Waals surface area contributed by atoms with E-state index in [-0.39, 0.29) is 5.41 Å². The van der Waals surface area contributed by atoms with Crippen molar-refractivity contribution in [2.75, 3.05) is 13.1 Å². The minimum Gasteiger partial charge on any atom is -0.338 e. The first-order chi connectivity index (χ1) is 9.73. The predicted molar refractivity (Wildman–Crippen MR) is 76.6 cm³/mol. The minimum absolute atomic E-state index is 0.0214. The van der Waals surface area contributed by atoms with Crippen LogP contribution in [0.5, 0.6) is 0 Å². The van der Waals surface area contributed by atoms with E-state index in [9.17, 15) is 0 Å². The predicted octanol–water partition coefficient (Wildman–Crippen LogP) is 2.82. The third-order valence-electron chi connectivity index (χ3n) is 3.81. The highest BCUT2D eigenvalue weighted by Gasteiger charge is 2.40. The highest BCUT2D eigenvalue weighted by molar-refractivity contribution is 6.30. The first-order valence-electron chi connectivity index (χ1n) is 6.90. The number of nitrogens with one attached hydrogen (secondary N) is 1. The van der Waals surface area contributed by atoms with Gasteiger partial charge in [0.1, 0.15) is 5.69 Å². The molecule has 106 valence electrons. The van der Waals surface area contributed by atoms with Gasteiger partial charge in [0, 0.05) is 12.7 Å². The van der Waals surface area contributed by atoms with Crippen LogP contribution in [0.3, 0.4) is 0 Å². The topological polar surface area (TPSA) is 63.8 Å². The van der Waals surface area contributed by atoms with Crippen LogP contribution < -0.4 is 5.32 Å². The summed E-state index contributed by atoms with van der Waals surface area (Å²) >= 11 is 5.84. The molecule has 1 fully saturated rings. The number of aromatic nitrogens is 3. The van der Waals surface area contributed by atoms with E-state index in [0.29, 0.717) is 16.5 Å². The highest BCUT2D eigenvalue weighted by Crippen LogP contribution is 2.35. The molecule has 1 atom stereocenters. The van der Waals surface area contributed by atoms with Gasteiger partial charge in [0.15, 0.2) is 0 Å². The van der Waals surface area contributed by atoms with Gasteiger partial charge in [0.05, 0.1) is 10.4 Å². The van der Waals surface area contributed by atoms with Gasteiger partial charge in [-0.05, 0) is 31.5 Å². The first kappa shape index (κ1) is 13.5. The average molecular weight is 293 g/mol. The van der Waals surface area contributed by atoms with Crippen LogP contribution in [-0.4, -0.2) is 28.2 Å². The van der Waals surface area contributed by atoms with Crippen LogP contribution in [0, 0.1) is 0 Å². The molecule has 0 aliphatic carbocycles. The second kappa shape index (κ2) is 5.50. The number of pyridine rings is 1. The quantitative estimate of drug-likeness (QED) is 0.939. The molecule has 2 aromatic rings. The number of hydrogen-bond acceptors (Lipinski definition) is 5. The van der Waals surface area contributed by atoms with E-state index in [1.54, 1.807) is 18.3 Å². The summed E-state index contributed by atoms with van der Waals surface area (Å²) in [7, 11) is 0. The van der Waals surface area contributed by atoms with Gasteiger partial charge >= 0.3 is 0 Å². The Labute approximate surface area is 122 Å². The van der Waals surface area contributed by atoms with Gasteiger partial charge in [0.25, 0.3) is 0 Å². The van der Waals surface area contributed by atoms with Crippen molar-refractivity contribution >= 4 is 11.6 Å². The van der Waals surface area contributed by atoms with E-state index in [4.69, 9.17) is 16.1 Å². The van der Waals surface area contributed by atoms with Crippen molar-refractivity contribution in [1.82, 2.24) is 20.4 Å². The van der Waals surface area contributed by atoms with Gasteiger partial charge in [-0.2, -0.15) is 4.98 Å². The Morgan fingerprint density at radius 2 is 2.35 bits per heavy atom. The lowest BCUT2D eigenvalue weighted by atomic mass is 9.82. The largest absolute Gasteiger partial charge is 0.338 e. The fourth-order valence-electron chi connectivity index (χ4n) is 2.78.